The van der Waals surface area contributed by atoms with Crippen LogP contribution in [0.4, 0.5) is 4.79 Å². The summed E-state index contributed by atoms with van der Waals surface area (Å²) in [6, 6.07) is 10.3. The van der Waals surface area contributed by atoms with E-state index in [4.69, 9.17) is 9.47 Å². The quantitative estimate of drug-likeness (QED) is 0.657. The Morgan fingerprint density at radius 2 is 1.68 bits per heavy atom. The average molecular weight is 435 g/mol. The van der Waals surface area contributed by atoms with Crippen LogP contribution >= 0.6 is 24.8 Å². The molecule has 1 aliphatic heterocycles. The summed E-state index contributed by atoms with van der Waals surface area (Å²) in [5, 5.41) is 0. The van der Waals surface area contributed by atoms with Gasteiger partial charge < -0.3 is 9.47 Å². The van der Waals surface area contributed by atoms with Crippen molar-refractivity contribution >= 4 is 36.9 Å². The van der Waals surface area contributed by atoms with Gasteiger partial charge in [0.2, 0.25) is 0 Å². The second-order valence-corrected chi connectivity index (χ2v) is 7.68. The van der Waals surface area contributed by atoms with Crippen molar-refractivity contribution in [3.05, 3.63) is 35.9 Å². The van der Waals surface area contributed by atoms with Crippen LogP contribution in [0.25, 0.3) is 0 Å². The monoisotopic (exact) mass is 434 g/mol. The predicted octanol–water partition coefficient (Wildman–Crippen LogP) is 3.90. The second kappa shape index (κ2) is 12.1. The number of likely N-dealkylation sites (tertiary alicyclic amines) is 1. The minimum Gasteiger partial charge on any atom is -0.468 e. The number of hydrogen-bond acceptors (Lipinski definition) is 5. The van der Waals surface area contributed by atoms with Crippen LogP contribution in [0.1, 0.15) is 39.2 Å². The number of ether oxygens (including phenoxy) is 2. The van der Waals surface area contributed by atoms with Gasteiger partial charge in [-0.3, -0.25) is 14.6 Å². The maximum atomic E-state index is 12.6. The number of carbonyl (C=O) groups excluding carboxylic acids is 2. The average Bonchev–Trinajstić information content (AvgIpc) is 2.59. The van der Waals surface area contributed by atoms with Gasteiger partial charge in [0.1, 0.15) is 12.1 Å². The SMILES string of the molecule is COC(=O)CN(C(=O)OC(C)(C)C)C1CCN(Cc2ccccc2)CC1.Cl.Cl. The summed E-state index contributed by atoms with van der Waals surface area (Å²) in [6.45, 7) is 8.04. The number of piperidine rings is 1. The topological polar surface area (TPSA) is 59.1 Å². The lowest BCUT2D eigenvalue weighted by atomic mass is 10.0. The van der Waals surface area contributed by atoms with E-state index in [1.807, 2.05) is 39.0 Å². The van der Waals surface area contributed by atoms with E-state index >= 15 is 0 Å². The fourth-order valence-electron chi connectivity index (χ4n) is 3.10. The molecule has 0 bridgehead atoms. The van der Waals surface area contributed by atoms with Gasteiger partial charge in [-0.15, -0.1) is 24.8 Å². The van der Waals surface area contributed by atoms with Gasteiger partial charge in [-0.25, -0.2) is 4.79 Å². The summed E-state index contributed by atoms with van der Waals surface area (Å²) < 4.78 is 10.2. The Bertz CT molecular complexity index is 600. The van der Waals surface area contributed by atoms with Gasteiger partial charge in [-0.05, 0) is 39.2 Å². The van der Waals surface area contributed by atoms with E-state index in [0.717, 1.165) is 32.5 Å². The molecule has 1 aromatic carbocycles. The van der Waals surface area contributed by atoms with Gasteiger partial charge in [0.05, 0.1) is 7.11 Å². The standard InChI is InChI=1S/C20H30N2O4.2ClH/c1-20(2,3)26-19(24)22(15-18(23)25-4)17-10-12-21(13-11-17)14-16-8-6-5-7-9-16;;/h5-9,17H,10-15H2,1-4H3;2*1H. The Kier molecular flexibility index (Phi) is 11.5. The molecular weight excluding hydrogens is 403 g/mol. The molecule has 0 aliphatic carbocycles. The lowest BCUT2D eigenvalue weighted by Gasteiger charge is -2.38. The molecule has 0 saturated carbocycles. The Morgan fingerprint density at radius 1 is 1.11 bits per heavy atom. The number of methoxy groups -OCH3 is 1. The summed E-state index contributed by atoms with van der Waals surface area (Å²) >= 11 is 0. The van der Waals surface area contributed by atoms with Crippen molar-refractivity contribution < 1.29 is 19.1 Å². The summed E-state index contributed by atoms with van der Waals surface area (Å²) in [4.78, 5) is 28.2. The minimum absolute atomic E-state index is 0. The molecule has 0 aromatic heterocycles. The molecule has 0 N–H and O–H groups in total. The van der Waals surface area contributed by atoms with E-state index in [0.29, 0.717) is 0 Å². The van der Waals surface area contributed by atoms with Crippen molar-refractivity contribution in [2.75, 3.05) is 26.7 Å². The van der Waals surface area contributed by atoms with Crippen LogP contribution in [0, 0.1) is 0 Å². The van der Waals surface area contributed by atoms with Gasteiger partial charge >= 0.3 is 12.1 Å². The van der Waals surface area contributed by atoms with Crippen molar-refractivity contribution in [2.45, 2.75) is 51.8 Å². The van der Waals surface area contributed by atoms with Crippen LogP contribution in [0.15, 0.2) is 30.3 Å². The van der Waals surface area contributed by atoms with Crippen molar-refractivity contribution in [3.8, 4) is 0 Å². The van der Waals surface area contributed by atoms with Gasteiger partial charge in [0.15, 0.2) is 0 Å². The van der Waals surface area contributed by atoms with Crippen molar-refractivity contribution in [1.82, 2.24) is 9.80 Å². The third kappa shape index (κ3) is 8.67. The van der Waals surface area contributed by atoms with E-state index < -0.39 is 17.7 Å². The molecule has 0 radical (unpaired) electrons. The number of amides is 1. The van der Waals surface area contributed by atoms with E-state index in [2.05, 4.69) is 17.0 Å². The molecule has 2 rings (SSSR count). The summed E-state index contributed by atoms with van der Waals surface area (Å²) in [5.41, 5.74) is 0.684. The lowest BCUT2D eigenvalue weighted by Crippen LogP contribution is -2.50. The van der Waals surface area contributed by atoms with E-state index in [1.54, 1.807) is 0 Å². The van der Waals surface area contributed by atoms with Crippen LogP contribution in [-0.4, -0.2) is 60.2 Å². The number of esters is 1. The highest BCUT2D eigenvalue weighted by Crippen LogP contribution is 2.21. The molecule has 1 saturated heterocycles. The molecule has 0 spiro atoms. The fraction of sp³-hybridized carbons (Fsp3) is 0.600. The predicted molar refractivity (Wildman–Crippen MR) is 114 cm³/mol. The summed E-state index contributed by atoms with van der Waals surface area (Å²) in [7, 11) is 1.33. The molecule has 1 aliphatic rings. The molecule has 0 atom stereocenters. The number of carbonyl (C=O) groups is 2. The molecule has 8 heteroatoms. The highest BCUT2D eigenvalue weighted by atomic mass is 35.5. The first kappa shape index (κ1) is 26.5. The Hall–Kier alpha value is -1.50. The molecule has 160 valence electrons. The molecule has 1 amide bonds. The molecule has 28 heavy (non-hydrogen) atoms. The molecule has 1 aromatic rings. The summed E-state index contributed by atoms with van der Waals surface area (Å²) in [5.74, 6) is -0.428. The zero-order chi connectivity index (χ0) is 19.2. The number of benzene rings is 1. The molecular formula is C20H32Cl2N2O4. The lowest BCUT2D eigenvalue weighted by molar-refractivity contribution is -0.142. The third-order valence-electron chi connectivity index (χ3n) is 4.40. The third-order valence-corrected chi connectivity index (χ3v) is 4.40. The number of nitrogens with zero attached hydrogens (tertiary/aromatic N) is 2. The smallest absolute Gasteiger partial charge is 0.411 e. The summed E-state index contributed by atoms with van der Waals surface area (Å²) in [6.07, 6.45) is 1.16. The van der Waals surface area contributed by atoms with Gasteiger partial charge in [-0.1, -0.05) is 30.3 Å². The van der Waals surface area contributed by atoms with Crippen molar-refractivity contribution in [3.63, 3.8) is 0 Å². The Balaban J connectivity index is 0.00000364. The van der Waals surface area contributed by atoms with Crippen LogP contribution in [0.2, 0.25) is 0 Å². The second-order valence-electron chi connectivity index (χ2n) is 7.68. The van der Waals surface area contributed by atoms with Crippen LogP contribution in [0.3, 0.4) is 0 Å². The molecule has 1 heterocycles. The molecule has 6 nitrogen and oxygen atoms in total. The van der Waals surface area contributed by atoms with Crippen molar-refractivity contribution in [1.29, 1.82) is 0 Å². The van der Waals surface area contributed by atoms with Crippen LogP contribution in [0.5, 0.6) is 0 Å². The van der Waals surface area contributed by atoms with Gasteiger partial charge in [0.25, 0.3) is 0 Å². The van der Waals surface area contributed by atoms with E-state index in [1.165, 1.54) is 17.6 Å². The first-order chi connectivity index (χ1) is 12.3. The zero-order valence-electron chi connectivity index (χ0n) is 17.1. The molecule has 1 fully saturated rings. The number of rotatable bonds is 5. The fourth-order valence-corrected chi connectivity index (χ4v) is 3.10. The van der Waals surface area contributed by atoms with E-state index in [9.17, 15) is 9.59 Å². The minimum atomic E-state index is -0.598. The number of halogens is 2. The van der Waals surface area contributed by atoms with Gasteiger partial charge in [-0.2, -0.15) is 0 Å². The maximum absolute atomic E-state index is 12.6. The normalized spacial score (nSPS) is 15.0. The maximum Gasteiger partial charge on any atom is 0.411 e. The van der Waals surface area contributed by atoms with E-state index in [-0.39, 0.29) is 37.4 Å². The number of hydrogen-bond donors (Lipinski definition) is 0. The highest BCUT2D eigenvalue weighted by Gasteiger charge is 2.32. The molecule has 0 unspecified atom stereocenters. The van der Waals surface area contributed by atoms with Crippen LogP contribution in [-0.2, 0) is 20.8 Å². The van der Waals surface area contributed by atoms with Crippen molar-refractivity contribution in [2.24, 2.45) is 0 Å². The van der Waals surface area contributed by atoms with Crippen LogP contribution < -0.4 is 0 Å². The highest BCUT2D eigenvalue weighted by molar-refractivity contribution is 5.85. The Morgan fingerprint density at radius 3 is 2.18 bits per heavy atom. The first-order valence-corrected chi connectivity index (χ1v) is 9.11. The first-order valence-electron chi connectivity index (χ1n) is 9.11. The van der Waals surface area contributed by atoms with Gasteiger partial charge in [0, 0.05) is 25.7 Å². The zero-order valence-corrected chi connectivity index (χ0v) is 18.7. The Labute approximate surface area is 180 Å². The largest absolute Gasteiger partial charge is 0.468 e.